The first-order valence-corrected chi connectivity index (χ1v) is 2.82. The second-order valence-corrected chi connectivity index (χ2v) is 1.34. The van der Waals surface area contributed by atoms with Crippen LogP contribution in [0, 0.1) is 5.53 Å². The molecule has 1 aromatic carbocycles. The maximum atomic E-state index is 6.86. The summed E-state index contributed by atoms with van der Waals surface area (Å²) in [6.07, 6.45) is 0. The van der Waals surface area contributed by atoms with Crippen LogP contribution in [0.25, 0.3) is 26.4 Å². The monoisotopic (exact) mass is 163 g/mol. The normalized spacial score (nSPS) is 5.33. The van der Waals surface area contributed by atoms with Crippen LogP contribution in [0.5, 0.6) is 0 Å². The lowest BCUT2D eigenvalue weighted by Gasteiger charge is -1.69. The fraction of sp³-hybridized carbons (Fsp3) is 0. The maximum absolute atomic E-state index is 6.86. The third-order valence-electron chi connectivity index (χ3n) is 0.667. The smallest absolute Gasteiger partial charge is 0.00208 e. The quantitative estimate of drug-likeness (QED) is 0.342. The molecule has 0 spiro atoms. The van der Waals surface area contributed by atoms with Gasteiger partial charge in [-0.3, -0.25) is 4.91 Å². The van der Waals surface area contributed by atoms with E-state index < -0.39 is 0 Å². The van der Waals surface area contributed by atoms with Crippen molar-refractivity contribution in [1.29, 1.82) is 5.53 Å². The minimum absolute atomic E-state index is 1.50. The summed E-state index contributed by atoms with van der Waals surface area (Å²) in [5.74, 6) is 0. The van der Waals surface area contributed by atoms with Gasteiger partial charge in [0, 0.05) is 0 Å². The molecule has 62 valence electrons. The zero-order valence-corrected chi connectivity index (χ0v) is 6.20. The largest absolute Gasteiger partial charge is 0.373 e. The molecule has 1 aromatic rings. The summed E-state index contributed by atoms with van der Waals surface area (Å²) in [4.78, 5) is 3.25. The zero-order valence-electron chi connectivity index (χ0n) is 6.20. The average molecular weight is 163 g/mol. The van der Waals surface area contributed by atoms with Crippen molar-refractivity contribution in [3.8, 4) is 0 Å². The van der Waals surface area contributed by atoms with Crippen LogP contribution in [0.1, 0.15) is 0 Å². The topological polar surface area (TPSA) is 119 Å². The fourth-order valence-electron chi connectivity index (χ4n) is 0.385. The molecule has 0 amide bonds. The molecule has 0 fully saturated rings. The molecule has 1 N–H and O–H groups in total. The Hall–Kier alpha value is -2.16. The van der Waals surface area contributed by atoms with Crippen molar-refractivity contribution in [2.24, 2.45) is 0 Å². The summed E-state index contributed by atoms with van der Waals surface area (Å²) in [5, 5.41) is 0. The lowest BCUT2D eigenvalue weighted by Crippen LogP contribution is -1.47. The summed E-state index contributed by atoms with van der Waals surface area (Å²) in [5.41, 5.74) is 25.8. The molecule has 0 heterocycles. The Morgan fingerprint density at radius 2 is 0.833 bits per heavy atom. The van der Waals surface area contributed by atoms with Crippen molar-refractivity contribution in [3.05, 3.63) is 62.8 Å². The van der Waals surface area contributed by atoms with Gasteiger partial charge in [0.05, 0.1) is 0 Å². The van der Waals surface area contributed by atoms with E-state index in [9.17, 15) is 0 Å². The van der Waals surface area contributed by atoms with Crippen molar-refractivity contribution in [1.82, 2.24) is 0 Å². The second-order valence-electron chi connectivity index (χ2n) is 1.34. The molecule has 0 atom stereocenters. The van der Waals surface area contributed by atoms with Gasteiger partial charge in [0.25, 0.3) is 0 Å². The fourth-order valence-corrected chi connectivity index (χ4v) is 0.385. The molecule has 0 radical (unpaired) electrons. The highest BCUT2D eigenvalue weighted by molar-refractivity contribution is 4.99. The molecule has 0 saturated carbocycles. The molecule has 0 aliphatic carbocycles. The Morgan fingerprint density at radius 1 is 0.750 bits per heavy atom. The van der Waals surface area contributed by atoms with E-state index in [1.54, 1.807) is 4.91 Å². The molecule has 0 saturated heterocycles. The van der Waals surface area contributed by atoms with Gasteiger partial charge < -0.3 is 11.1 Å². The van der Waals surface area contributed by atoms with Gasteiger partial charge in [-0.1, -0.05) is 36.4 Å². The lowest BCUT2D eigenvalue weighted by molar-refractivity contribution is 1.45. The summed E-state index contributed by atoms with van der Waals surface area (Å²) in [6, 6.07) is 12.0. The summed E-state index contributed by atoms with van der Waals surface area (Å²) < 4.78 is 0. The van der Waals surface area contributed by atoms with E-state index in [4.69, 9.17) is 22.1 Å². The van der Waals surface area contributed by atoms with Crippen LogP contribution in [0.2, 0.25) is 0 Å². The van der Waals surface area contributed by atoms with E-state index in [0.29, 0.717) is 0 Å². The third kappa shape index (κ3) is 24.9. The predicted octanol–water partition coefficient (Wildman–Crippen LogP) is 3.43. The van der Waals surface area contributed by atoms with Gasteiger partial charge in [0.2, 0.25) is 0 Å². The van der Waals surface area contributed by atoms with Gasteiger partial charge >= 0.3 is 0 Å². The van der Waals surface area contributed by atoms with Crippen molar-refractivity contribution in [3.63, 3.8) is 0 Å². The molecule has 6 heteroatoms. The highest BCUT2D eigenvalue weighted by Gasteiger charge is 1.57. The Morgan fingerprint density at radius 3 is 0.917 bits per heavy atom. The van der Waals surface area contributed by atoms with Crippen molar-refractivity contribution in [2.75, 3.05) is 0 Å². The van der Waals surface area contributed by atoms with E-state index in [1.165, 1.54) is 4.91 Å². The standard InChI is InChI=1S/C6H6.HN3.N3/c1-2-4-6-5-3-1;2*1-3-2/h1-6H;1H;/q;;-1. The van der Waals surface area contributed by atoms with Crippen molar-refractivity contribution >= 4 is 0 Å². The Labute approximate surface area is 69.3 Å². The first kappa shape index (κ1) is 12.5. The van der Waals surface area contributed by atoms with Crippen LogP contribution in [-0.4, -0.2) is 0 Å². The Bertz CT molecular complexity index is 193. The first-order valence-electron chi connectivity index (χ1n) is 2.82. The Kier molecular flexibility index (Phi) is 16.6. The second kappa shape index (κ2) is 15.9. The highest BCUT2D eigenvalue weighted by atomic mass is 15.0. The van der Waals surface area contributed by atoms with Crippen LogP contribution >= 0.6 is 0 Å². The van der Waals surface area contributed by atoms with Crippen LogP contribution in [0.4, 0.5) is 0 Å². The maximum Gasteiger partial charge on any atom is -0.00208 e. The number of rotatable bonds is 0. The molecule has 6 nitrogen and oxygen atoms in total. The van der Waals surface area contributed by atoms with E-state index in [-0.39, 0.29) is 0 Å². The minimum Gasteiger partial charge on any atom is -0.373 e. The number of nitrogens with one attached hydrogen (secondary N) is 1. The molecular formula is C6H7N6-. The van der Waals surface area contributed by atoms with Gasteiger partial charge in [0.15, 0.2) is 0 Å². The van der Waals surface area contributed by atoms with E-state index in [0.717, 1.165) is 0 Å². The molecule has 0 unspecified atom stereocenters. The number of benzene rings is 1. The third-order valence-corrected chi connectivity index (χ3v) is 0.667. The summed E-state index contributed by atoms with van der Waals surface area (Å²) >= 11 is 0. The van der Waals surface area contributed by atoms with Gasteiger partial charge in [-0.25, -0.2) is 0 Å². The van der Waals surface area contributed by atoms with E-state index >= 15 is 0 Å². The Balaban J connectivity index is 0. The SMILES string of the molecule is [N-]=[N+]=N.[N-]=[N+]=[N-].c1ccccc1. The number of hydrogen-bond acceptors (Lipinski definition) is 1. The van der Waals surface area contributed by atoms with Crippen LogP contribution in [-0.2, 0) is 0 Å². The molecule has 0 aromatic heterocycles. The number of nitrogens with zero attached hydrogens (tertiary/aromatic N) is 5. The zero-order chi connectivity index (χ0) is 9.66. The van der Waals surface area contributed by atoms with Gasteiger partial charge in [-0.15, -0.1) is 5.53 Å². The van der Waals surface area contributed by atoms with Gasteiger partial charge in [-0.05, 0) is 10.4 Å². The first-order chi connectivity index (χ1) is 5.83. The predicted molar refractivity (Wildman–Crippen MR) is 46.0 cm³/mol. The van der Waals surface area contributed by atoms with Crippen LogP contribution < -0.4 is 0 Å². The van der Waals surface area contributed by atoms with Crippen molar-refractivity contribution in [2.45, 2.75) is 0 Å². The summed E-state index contributed by atoms with van der Waals surface area (Å²) in [6.45, 7) is 0. The molecular weight excluding hydrogens is 156 g/mol. The number of hydrogen-bond donors (Lipinski definition) is 1. The highest BCUT2D eigenvalue weighted by Crippen LogP contribution is 1.79. The van der Waals surface area contributed by atoms with Crippen LogP contribution in [0.3, 0.4) is 0 Å². The van der Waals surface area contributed by atoms with E-state index in [2.05, 4.69) is 0 Å². The minimum atomic E-state index is 1.50. The molecule has 0 aliphatic heterocycles. The molecule has 1 rings (SSSR count). The van der Waals surface area contributed by atoms with Crippen LogP contribution in [0.15, 0.2) is 36.4 Å². The molecule has 0 aliphatic rings. The molecule has 0 bridgehead atoms. The lowest BCUT2D eigenvalue weighted by atomic mass is 10.4. The van der Waals surface area contributed by atoms with Gasteiger partial charge in [-0.2, -0.15) is 0 Å². The van der Waals surface area contributed by atoms with Crippen molar-refractivity contribution < 1.29 is 0 Å². The molecule has 12 heavy (non-hydrogen) atoms. The van der Waals surface area contributed by atoms with Gasteiger partial charge in [0.1, 0.15) is 0 Å². The summed E-state index contributed by atoms with van der Waals surface area (Å²) in [7, 11) is 0. The van der Waals surface area contributed by atoms with E-state index in [1.807, 2.05) is 36.4 Å². The average Bonchev–Trinajstić information content (AvgIpc) is 2.10.